The van der Waals surface area contributed by atoms with Crippen molar-refractivity contribution in [2.24, 2.45) is 5.84 Å². The lowest BCUT2D eigenvalue weighted by molar-refractivity contribution is 0.0820. The smallest absolute Gasteiger partial charge is 0.251 e. The Bertz CT molecular complexity index is 472. The molecule has 0 aliphatic heterocycles. The number of nitrogen functional groups attached to an aromatic ring is 1. The van der Waals surface area contributed by atoms with Crippen LogP contribution in [-0.2, 0) is 4.74 Å². The summed E-state index contributed by atoms with van der Waals surface area (Å²) < 4.78 is 5.09. The largest absolute Gasteiger partial charge is 0.382 e. The first-order valence-electron chi connectivity index (χ1n) is 6.59. The number of carbonyl (C=O) groups is 1. The number of hydrazine groups is 1. The van der Waals surface area contributed by atoms with Gasteiger partial charge in [0.25, 0.3) is 5.91 Å². The van der Waals surface area contributed by atoms with Crippen molar-refractivity contribution >= 4 is 11.7 Å². The SMILES string of the molecule is COCC(C)(C)NC(=O)c1cc(NN)nc(C(C)C)c1. The molecule has 0 bridgehead atoms. The molecule has 0 saturated heterocycles. The number of nitrogens with two attached hydrogens (primary N) is 1. The molecule has 0 radical (unpaired) electrons. The summed E-state index contributed by atoms with van der Waals surface area (Å²) in [4.78, 5) is 16.6. The highest BCUT2D eigenvalue weighted by Gasteiger charge is 2.22. The van der Waals surface area contributed by atoms with E-state index in [2.05, 4.69) is 15.7 Å². The Morgan fingerprint density at radius 2 is 2.10 bits per heavy atom. The molecule has 0 spiro atoms. The second kappa shape index (κ2) is 6.67. The van der Waals surface area contributed by atoms with Crippen LogP contribution in [-0.4, -0.2) is 30.1 Å². The predicted octanol–water partition coefficient (Wildman–Crippen LogP) is 1.65. The fourth-order valence-corrected chi connectivity index (χ4v) is 1.83. The number of nitrogens with one attached hydrogen (secondary N) is 2. The van der Waals surface area contributed by atoms with Crippen molar-refractivity contribution in [2.45, 2.75) is 39.2 Å². The zero-order valence-corrected chi connectivity index (χ0v) is 12.8. The van der Waals surface area contributed by atoms with Crippen LogP contribution in [0, 0.1) is 0 Å². The van der Waals surface area contributed by atoms with Gasteiger partial charge < -0.3 is 15.5 Å². The van der Waals surface area contributed by atoms with Gasteiger partial charge in [-0.25, -0.2) is 10.8 Å². The number of anilines is 1. The molecule has 4 N–H and O–H groups in total. The van der Waals surface area contributed by atoms with Gasteiger partial charge in [0.2, 0.25) is 0 Å². The highest BCUT2D eigenvalue weighted by molar-refractivity contribution is 5.95. The lowest BCUT2D eigenvalue weighted by Gasteiger charge is -2.25. The molecule has 0 saturated carbocycles. The van der Waals surface area contributed by atoms with Gasteiger partial charge in [-0.15, -0.1) is 0 Å². The van der Waals surface area contributed by atoms with Gasteiger partial charge in [0.1, 0.15) is 5.82 Å². The quantitative estimate of drug-likeness (QED) is 0.544. The van der Waals surface area contributed by atoms with E-state index in [4.69, 9.17) is 10.6 Å². The van der Waals surface area contributed by atoms with E-state index in [1.165, 1.54) is 0 Å². The van der Waals surface area contributed by atoms with E-state index in [9.17, 15) is 4.79 Å². The molecular formula is C14H24N4O2. The Labute approximate surface area is 120 Å². The van der Waals surface area contributed by atoms with E-state index in [1.807, 2.05) is 27.7 Å². The Balaban J connectivity index is 3.00. The van der Waals surface area contributed by atoms with E-state index in [0.717, 1.165) is 5.69 Å². The average Bonchev–Trinajstić information content (AvgIpc) is 2.37. The highest BCUT2D eigenvalue weighted by Crippen LogP contribution is 2.18. The van der Waals surface area contributed by atoms with Crippen molar-refractivity contribution in [1.29, 1.82) is 0 Å². The van der Waals surface area contributed by atoms with Crippen LogP contribution in [0.3, 0.4) is 0 Å². The van der Waals surface area contributed by atoms with Crippen molar-refractivity contribution < 1.29 is 9.53 Å². The number of aromatic nitrogens is 1. The van der Waals surface area contributed by atoms with Gasteiger partial charge in [-0.1, -0.05) is 13.8 Å². The number of hydrogen-bond donors (Lipinski definition) is 3. The second-order valence-corrected chi connectivity index (χ2v) is 5.74. The Hall–Kier alpha value is -1.66. The summed E-state index contributed by atoms with van der Waals surface area (Å²) in [5.74, 6) is 5.91. The van der Waals surface area contributed by atoms with Crippen LogP contribution in [0.4, 0.5) is 5.82 Å². The third-order valence-corrected chi connectivity index (χ3v) is 2.80. The number of amides is 1. The van der Waals surface area contributed by atoms with Crippen molar-refractivity contribution in [3.63, 3.8) is 0 Å². The number of hydrogen-bond acceptors (Lipinski definition) is 5. The molecule has 0 aliphatic rings. The molecule has 1 aromatic heterocycles. The van der Waals surface area contributed by atoms with E-state index in [-0.39, 0.29) is 11.8 Å². The van der Waals surface area contributed by atoms with Gasteiger partial charge in [-0.2, -0.15) is 0 Å². The molecule has 1 rings (SSSR count). The summed E-state index contributed by atoms with van der Waals surface area (Å²) in [5, 5.41) is 2.93. The maximum absolute atomic E-state index is 12.3. The number of rotatable bonds is 6. The Morgan fingerprint density at radius 3 is 2.60 bits per heavy atom. The van der Waals surface area contributed by atoms with Crippen LogP contribution in [0.1, 0.15) is 49.7 Å². The number of pyridine rings is 1. The molecular weight excluding hydrogens is 256 g/mol. The van der Waals surface area contributed by atoms with Gasteiger partial charge in [0, 0.05) is 18.4 Å². The van der Waals surface area contributed by atoms with Crippen LogP contribution >= 0.6 is 0 Å². The molecule has 20 heavy (non-hydrogen) atoms. The van der Waals surface area contributed by atoms with Crippen molar-refractivity contribution in [1.82, 2.24) is 10.3 Å². The first-order valence-corrected chi connectivity index (χ1v) is 6.59. The summed E-state index contributed by atoms with van der Waals surface area (Å²) in [6.07, 6.45) is 0. The normalized spacial score (nSPS) is 11.6. The van der Waals surface area contributed by atoms with Gasteiger partial charge in [-0.05, 0) is 31.9 Å². The summed E-state index contributed by atoms with van der Waals surface area (Å²) in [6.45, 7) is 8.27. The molecule has 1 amide bonds. The van der Waals surface area contributed by atoms with Crippen LogP contribution in [0.25, 0.3) is 0 Å². The molecule has 1 aromatic rings. The number of ether oxygens (including phenoxy) is 1. The van der Waals surface area contributed by atoms with Crippen molar-refractivity contribution in [2.75, 3.05) is 19.1 Å². The molecule has 0 fully saturated rings. The van der Waals surface area contributed by atoms with Gasteiger partial charge in [-0.3, -0.25) is 4.79 Å². The zero-order chi connectivity index (χ0) is 15.3. The minimum Gasteiger partial charge on any atom is -0.382 e. The van der Waals surface area contributed by atoms with Gasteiger partial charge in [0.15, 0.2) is 0 Å². The summed E-state index contributed by atoms with van der Waals surface area (Å²) in [5.41, 5.74) is 3.39. The highest BCUT2D eigenvalue weighted by atomic mass is 16.5. The summed E-state index contributed by atoms with van der Waals surface area (Å²) in [7, 11) is 1.60. The molecule has 0 atom stereocenters. The molecule has 112 valence electrons. The Morgan fingerprint density at radius 1 is 1.45 bits per heavy atom. The van der Waals surface area contributed by atoms with Gasteiger partial charge >= 0.3 is 0 Å². The van der Waals surface area contributed by atoms with Crippen molar-refractivity contribution in [3.8, 4) is 0 Å². The topological polar surface area (TPSA) is 89.3 Å². The molecule has 1 heterocycles. The lowest BCUT2D eigenvalue weighted by atomic mass is 10.0. The van der Waals surface area contributed by atoms with Crippen LogP contribution in [0.5, 0.6) is 0 Å². The molecule has 6 nitrogen and oxygen atoms in total. The Kier molecular flexibility index (Phi) is 5.47. The van der Waals surface area contributed by atoms with Crippen molar-refractivity contribution in [3.05, 3.63) is 23.4 Å². The van der Waals surface area contributed by atoms with E-state index >= 15 is 0 Å². The standard InChI is InChI=1S/C14H24N4O2/c1-9(2)11-6-10(7-12(16-11)18-15)13(19)17-14(3,4)8-20-5/h6-7,9H,8,15H2,1-5H3,(H,16,18)(H,17,19). The minimum atomic E-state index is -0.441. The second-order valence-electron chi connectivity index (χ2n) is 5.74. The number of nitrogens with zero attached hydrogens (tertiary/aromatic N) is 1. The van der Waals surface area contributed by atoms with E-state index < -0.39 is 5.54 Å². The minimum absolute atomic E-state index is 0.173. The molecule has 0 unspecified atom stereocenters. The zero-order valence-electron chi connectivity index (χ0n) is 12.8. The number of carbonyl (C=O) groups excluding carboxylic acids is 1. The summed E-state index contributed by atoms with van der Waals surface area (Å²) in [6, 6.07) is 3.41. The fraction of sp³-hybridized carbons (Fsp3) is 0.571. The third-order valence-electron chi connectivity index (χ3n) is 2.80. The van der Waals surface area contributed by atoms with E-state index in [0.29, 0.717) is 18.0 Å². The average molecular weight is 280 g/mol. The van der Waals surface area contributed by atoms with Crippen LogP contribution < -0.4 is 16.6 Å². The first-order chi connectivity index (χ1) is 9.29. The fourth-order valence-electron chi connectivity index (χ4n) is 1.83. The molecule has 0 aromatic carbocycles. The van der Waals surface area contributed by atoms with Gasteiger partial charge in [0.05, 0.1) is 12.1 Å². The third kappa shape index (κ3) is 4.47. The molecule has 0 aliphatic carbocycles. The maximum atomic E-state index is 12.3. The van der Waals surface area contributed by atoms with Crippen LogP contribution in [0.15, 0.2) is 12.1 Å². The maximum Gasteiger partial charge on any atom is 0.251 e. The van der Waals surface area contributed by atoms with Crippen LogP contribution in [0.2, 0.25) is 0 Å². The summed E-state index contributed by atoms with van der Waals surface area (Å²) >= 11 is 0. The predicted molar refractivity (Wildman–Crippen MR) is 79.6 cm³/mol. The lowest BCUT2D eigenvalue weighted by Crippen LogP contribution is -2.46. The first kappa shape index (κ1) is 16.4. The number of methoxy groups -OCH3 is 1. The monoisotopic (exact) mass is 280 g/mol. The van der Waals surface area contributed by atoms with E-state index in [1.54, 1.807) is 19.2 Å². The molecule has 6 heteroatoms.